The van der Waals surface area contributed by atoms with E-state index >= 15 is 0 Å². The molecule has 1 fully saturated rings. The molecule has 19 heavy (non-hydrogen) atoms. The summed E-state index contributed by atoms with van der Waals surface area (Å²) in [5.41, 5.74) is 0.937. The van der Waals surface area contributed by atoms with Crippen molar-refractivity contribution in [1.82, 2.24) is 0 Å². The molecule has 1 rings (SSSR count). The third-order valence-corrected chi connectivity index (χ3v) is 3.49. The SMILES string of the molecule is CCOC(=O)C(C)=C(C(=O)OCC)C1CCCCC1. The van der Waals surface area contributed by atoms with Gasteiger partial charge in [-0.05, 0) is 39.5 Å². The fourth-order valence-corrected chi connectivity index (χ4v) is 2.58. The van der Waals surface area contributed by atoms with Gasteiger partial charge >= 0.3 is 11.9 Å². The van der Waals surface area contributed by atoms with E-state index in [9.17, 15) is 9.59 Å². The Morgan fingerprint density at radius 2 is 1.47 bits per heavy atom. The minimum Gasteiger partial charge on any atom is -0.463 e. The van der Waals surface area contributed by atoms with Crippen molar-refractivity contribution in [1.29, 1.82) is 0 Å². The average Bonchev–Trinajstić information content (AvgIpc) is 2.40. The van der Waals surface area contributed by atoms with Crippen molar-refractivity contribution in [2.24, 2.45) is 5.92 Å². The van der Waals surface area contributed by atoms with Crippen LogP contribution in [0.25, 0.3) is 0 Å². The lowest BCUT2D eigenvalue weighted by Gasteiger charge is -2.24. The van der Waals surface area contributed by atoms with Gasteiger partial charge in [-0.3, -0.25) is 0 Å². The maximum absolute atomic E-state index is 12.1. The Balaban J connectivity index is 2.98. The molecule has 0 unspecified atom stereocenters. The molecule has 0 aromatic carbocycles. The van der Waals surface area contributed by atoms with Crippen molar-refractivity contribution >= 4 is 11.9 Å². The first-order valence-corrected chi connectivity index (χ1v) is 7.16. The third-order valence-electron chi connectivity index (χ3n) is 3.49. The van der Waals surface area contributed by atoms with E-state index in [-0.39, 0.29) is 11.9 Å². The summed E-state index contributed by atoms with van der Waals surface area (Å²) in [4.78, 5) is 24.0. The smallest absolute Gasteiger partial charge is 0.334 e. The van der Waals surface area contributed by atoms with E-state index in [0.717, 1.165) is 25.7 Å². The molecule has 1 saturated carbocycles. The van der Waals surface area contributed by atoms with Crippen LogP contribution < -0.4 is 0 Å². The zero-order valence-electron chi connectivity index (χ0n) is 12.2. The highest BCUT2D eigenvalue weighted by atomic mass is 16.5. The first-order chi connectivity index (χ1) is 9.11. The fourth-order valence-electron chi connectivity index (χ4n) is 2.58. The zero-order valence-corrected chi connectivity index (χ0v) is 12.2. The monoisotopic (exact) mass is 268 g/mol. The molecule has 0 bridgehead atoms. The highest BCUT2D eigenvalue weighted by molar-refractivity contribution is 6.00. The number of esters is 2. The molecular weight excluding hydrogens is 244 g/mol. The Morgan fingerprint density at radius 3 is 2.00 bits per heavy atom. The van der Waals surface area contributed by atoms with E-state index in [4.69, 9.17) is 9.47 Å². The van der Waals surface area contributed by atoms with Crippen LogP contribution in [0.3, 0.4) is 0 Å². The zero-order chi connectivity index (χ0) is 14.3. The Bertz CT molecular complexity index is 351. The van der Waals surface area contributed by atoms with Gasteiger partial charge in [0, 0.05) is 5.57 Å². The van der Waals surface area contributed by atoms with Gasteiger partial charge in [0.05, 0.1) is 18.8 Å². The molecule has 0 atom stereocenters. The summed E-state index contributed by atoms with van der Waals surface area (Å²) < 4.78 is 10.1. The minimum atomic E-state index is -0.406. The van der Waals surface area contributed by atoms with Crippen LogP contribution in [0.2, 0.25) is 0 Å². The number of hydrogen-bond acceptors (Lipinski definition) is 4. The standard InChI is InChI=1S/C15H24O4/c1-4-18-14(16)11(3)13(15(17)19-5-2)12-9-7-6-8-10-12/h12H,4-10H2,1-3H3. The van der Waals surface area contributed by atoms with Crippen molar-refractivity contribution in [3.63, 3.8) is 0 Å². The summed E-state index contributed by atoms with van der Waals surface area (Å²) in [5, 5.41) is 0. The van der Waals surface area contributed by atoms with Crippen LogP contribution in [0, 0.1) is 5.92 Å². The molecule has 1 aliphatic carbocycles. The van der Waals surface area contributed by atoms with Crippen LogP contribution in [-0.4, -0.2) is 25.2 Å². The lowest BCUT2D eigenvalue weighted by atomic mass is 9.82. The van der Waals surface area contributed by atoms with E-state index in [1.165, 1.54) is 6.42 Å². The Labute approximate surface area is 115 Å². The highest BCUT2D eigenvalue weighted by Gasteiger charge is 2.28. The van der Waals surface area contributed by atoms with Gasteiger partial charge in [-0.2, -0.15) is 0 Å². The van der Waals surface area contributed by atoms with Crippen molar-refractivity contribution in [3.8, 4) is 0 Å². The molecule has 108 valence electrons. The molecule has 0 aromatic heterocycles. The van der Waals surface area contributed by atoms with Gasteiger partial charge in [-0.15, -0.1) is 0 Å². The van der Waals surface area contributed by atoms with Gasteiger partial charge in [0.15, 0.2) is 0 Å². The predicted octanol–water partition coefficient (Wildman–Crippen LogP) is 3.01. The Kier molecular flexibility index (Phi) is 6.60. The first-order valence-electron chi connectivity index (χ1n) is 7.16. The first kappa shape index (κ1) is 15.7. The van der Waals surface area contributed by atoms with E-state index in [2.05, 4.69) is 0 Å². The van der Waals surface area contributed by atoms with E-state index in [1.807, 2.05) is 0 Å². The lowest BCUT2D eigenvalue weighted by molar-refractivity contribution is -0.142. The topological polar surface area (TPSA) is 52.6 Å². The molecule has 0 heterocycles. The van der Waals surface area contributed by atoms with E-state index in [0.29, 0.717) is 24.4 Å². The fraction of sp³-hybridized carbons (Fsp3) is 0.733. The number of rotatable bonds is 5. The van der Waals surface area contributed by atoms with Crippen LogP contribution >= 0.6 is 0 Å². The van der Waals surface area contributed by atoms with Crippen LogP contribution in [0.5, 0.6) is 0 Å². The molecule has 0 aromatic rings. The summed E-state index contributed by atoms with van der Waals surface area (Å²) in [6, 6.07) is 0. The molecule has 1 aliphatic rings. The largest absolute Gasteiger partial charge is 0.463 e. The van der Waals surface area contributed by atoms with Gasteiger partial charge < -0.3 is 9.47 Å². The minimum absolute atomic E-state index is 0.136. The summed E-state index contributed by atoms with van der Waals surface area (Å²) >= 11 is 0. The number of hydrogen-bond donors (Lipinski definition) is 0. The molecule has 0 saturated heterocycles. The Morgan fingerprint density at radius 1 is 0.947 bits per heavy atom. The number of carbonyl (C=O) groups excluding carboxylic acids is 2. The summed E-state index contributed by atoms with van der Waals surface area (Å²) in [6.45, 7) is 5.84. The molecule has 0 radical (unpaired) electrons. The van der Waals surface area contributed by atoms with Gasteiger partial charge in [0.25, 0.3) is 0 Å². The lowest BCUT2D eigenvalue weighted by Crippen LogP contribution is -2.23. The van der Waals surface area contributed by atoms with Gasteiger partial charge in [0.1, 0.15) is 0 Å². The number of carbonyl (C=O) groups is 2. The molecule has 0 aliphatic heterocycles. The van der Waals surface area contributed by atoms with Gasteiger partial charge in [0.2, 0.25) is 0 Å². The van der Waals surface area contributed by atoms with Crippen LogP contribution in [0.4, 0.5) is 0 Å². The normalized spacial score (nSPS) is 17.6. The van der Waals surface area contributed by atoms with Crippen molar-refractivity contribution in [3.05, 3.63) is 11.1 Å². The summed E-state index contributed by atoms with van der Waals surface area (Å²) in [7, 11) is 0. The second-order valence-corrected chi connectivity index (χ2v) is 4.81. The van der Waals surface area contributed by atoms with Crippen LogP contribution in [-0.2, 0) is 19.1 Å². The summed E-state index contributed by atoms with van der Waals surface area (Å²) in [6.07, 6.45) is 5.30. The molecule has 0 amide bonds. The molecule has 4 nitrogen and oxygen atoms in total. The maximum atomic E-state index is 12.1. The molecular formula is C15H24O4. The van der Waals surface area contributed by atoms with Crippen molar-refractivity contribution in [2.75, 3.05) is 13.2 Å². The average molecular weight is 268 g/mol. The van der Waals surface area contributed by atoms with Gasteiger partial charge in [-0.25, -0.2) is 9.59 Å². The third kappa shape index (κ3) is 4.37. The van der Waals surface area contributed by atoms with E-state index in [1.54, 1.807) is 20.8 Å². The Hall–Kier alpha value is -1.32. The van der Waals surface area contributed by atoms with E-state index < -0.39 is 5.97 Å². The second-order valence-electron chi connectivity index (χ2n) is 4.81. The highest BCUT2D eigenvalue weighted by Crippen LogP contribution is 2.32. The maximum Gasteiger partial charge on any atom is 0.334 e. The second kappa shape index (κ2) is 7.97. The molecule has 0 N–H and O–H groups in total. The quantitative estimate of drug-likeness (QED) is 0.568. The predicted molar refractivity (Wildman–Crippen MR) is 72.5 cm³/mol. The van der Waals surface area contributed by atoms with Crippen LogP contribution in [0.1, 0.15) is 52.9 Å². The van der Waals surface area contributed by atoms with Gasteiger partial charge in [-0.1, -0.05) is 19.3 Å². The van der Waals surface area contributed by atoms with Crippen molar-refractivity contribution < 1.29 is 19.1 Å². The molecule has 4 heteroatoms. The van der Waals surface area contributed by atoms with Crippen molar-refractivity contribution in [2.45, 2.75) is 52.9 Å². The molecule has 0 spiro atoms. The summed E-state index contributed by atoms with van der Waals surface area (Å²) in [5.74, 6) is -0.631. The number of ether oxygens (including phenoxy) is 2. The van der Waals surface area contributed by atoms with Crippen LogP contribution in [0.15, 0.2) is 11.1 Å².